The van der Waals surface area contributed by atoms with Crippen LogP contribution in [-0.4, -0.2) is 27.8 Å². The molecule has 0 aliphatic carbocycles. The largest absolute Gasteiger partial charge is 0.369 e. The summed E-state index contributed by atoms with van der Waals surface area (Å²) >= 11 is 1.19. The number of anilines is 1. The second-order valence-corrected chi connectivity index (χ2v) is 5.33. The summed E-state index contributed by atoms with van der Waals surface area (Å²) in [5, 5.41) is 11.0. The van der Waals surface area contributed by atoms with Gasteiger partial charge < -0.3 is 11.1 Å². The molecule has 21 heavy (non-hydrogen) atoms. The Labute approximate surface area is 126 Å². The van der Waals surface area contributed by atoms with Gasteiger partial charge >= 0.3 is 0 Å². The highest BCUT2D eigenvalue weighted by molar-refractivity contribution is 7.99. The number of rotatable bonds is 5. The highest BCUT2D eigenvalue weighted by Crippen LogP contribution is 2.15. The SMILES string of the molecule is Cc1ccc(C(=O)Nc2ccc(SCC(N)=O)nn2)cc1. The number of carbonyl (C=O) groups is 2. The van der Waals surface area contributed by atoms with E-state index in [0.29, 0.717) is 16.4 Å². The van der Waals surface area contributed by atoms with Crippen molar-refractivity contribution < 1.29 is 9.59 Å². The number of hydrogen-bond acceptors (Lipinski definition) is 5. The van der Waals surface area contributed by atoms with Crippen LogP contribution in [0.5, 0.6) is 0 Å². The summed E-state index contributed by atoms with van der Waals surface area (Å²) in [5.74, 6) is -0.173. The van der Waals surface area contributed by atoms with Crippen LogP contribution in [0, 0.1) is 6.92 Å². The summed E-state index contributed by atoms with van der Waals surface area (Å²) in [7, 11) is 0. The van der Waals surface area contributed by atoms with Crippen LogP contribution < -0.4 is 11.1 Å². The van der Waals surface area contributed by atoms with Crippen LogP contribution in [-0.2, 0) is 4.79 Å². The smallest absolute Gasteiger partial charge is 0.256 e. The standard InChI is InChI=1S/C14H14N4O2S/c1-9-2-4-10(5-3-9)14(20)16-12-6-7-13(18-17-12)21-8-11(15)19/h2-7H,8H2,1H3,(H2,15,19)(H,16,17,20). The van der Waals surface area contributed by atoms with Gasteiger partial charge in [0.15, 0.2) is 5.82 Å². The Morgan fingerprint density at radius 2 is 1.86 bits per heavy atom. The first-order valence-corrected chi connectivity index (χ1v) is 7.16. The Morgan fingerprint density at radius 1 is 1.14 bits per heavy atom. The quantitative estimate of drug-likeness (QED) is 0.818. The van der Waals surface area contributed by atoms with Crippen molar-refractivity contribution >= 4 is 29.4 Å². The zero-order valence-electron chi connectivity index (χ0n) is 11.4. The molecule has 6 nitrogen and oxygen atoms in total. The molecule has 1 aromatic heterocycles. The number of primary amides is 1. The predicted octanol–water partition coefficient (Wildman–Crippen LogP) is 1.61. The molecule has 7 heteroatoms. The van der Waals surface area contributed by atoms with E-state index in [2.05, 4.69) is 15.5 Å². The zero-order valence-corrected chi connectivity index (χ0v) is 12.2. The van der Waals surface area contributed by atoms with E-state index in [1.165, 1.54) is 11.8 Å². The predicted molar refractivity (Wildman–Crippen MR) is 81.1 cm³/mol. The topological polar surface area (TPSA) is 98.0 Å². The Morgan fingerprint density at radius 3 is 2.43 bits per heavy atom. The minimum absolute atomic E-state index is 0.143. The number of thioether (sulfide) groups is 1. The number of amides is 2. The van der Waals surface area contributed by atoms with Gasteiger partial charge in [0.25, 0.3) is 5.91 Å². The lowest BCUT2D eigenvalue weighted by molar-refractivity contribution is -0.115. The fourth-order valence-electron chi connectivity index (χ4n) is 1.50. The number of carbonyl (C=O) groups excluding carboxylic acids is 2. The lowest BCUT2D eigenvalue weighted by Gasteiger charge is -2.04. The summed E-state index contributed by atoms with van der Waals surface area (Å²) in [6, 6.07) is 10.5. The second kappa shape index (κ2) is 6.85. The Hall–Kier alpha value is -2.41. The van der Waals surface area contributed by atoms with Gasteiger partial charge in [0.05, 0.1) is 5.75 Å². The molecule has 0 saturated heterocycles. The maximum absolute atomic E-state index is 12.0. The average Bonchev–Trinajstić information content (AvgIpc) is 2.47. The van der Waals surface area contributed by atoms with E-state index in [1.807, 2.05) is 19.1 Å². The van der Waals surface area contributed by atoms with Crippen LogP contribution in [0.2, 0.25) is 0 Å². The van der Waals surface area contributed by atoms with E-state index >= 15 is 0 Å². The lowest BCUT2D eigenvalue weighted by atomic mass is 10.1. The number of aryl methyl sites for hydroxylation is 1. The molecule has 1 aromatic carbocycles. The van der Waals surface area contributed by atoms with Crippen LogP contribution in [0.4, 0.5) is 5.82 Å². The van der Waals surface area contributed by atoms with Crippen molar-refractivity contribution in [1.82, 2.24) is 10.2 Å². The second-order valence-electron chi connectivity index (χ2n) is 4.33. The number of aromatic nitrogens is 2. The van der Waals surface area contributed by atoms with E-state index in [1.54, 1.807) is 24.3 Å². The molecule has 108 valence electrons. The molecule has 0 aliphatic rings. The number of nitrogens with two attached hydrogens (primary N) is 1. The zero-order chi connectivity index (χ0) is 15.2. The molecule has 2 rings (SSSR count). The minimum Gasteiger partial charge on any atom is -0.369 e. The summed E-state index contributed by atoms with van der Waals surface area (Å²) in [6.45, 7) is 1.95. The molecular formula is C14H14N4O2S. The van der Waals surface area contributed by atoms with Gasteiger partial charge in [-0.25, -0.2) is 0 Å². The van der Waals surface area contributed by atoms with Gasteiger partial charge in [-0.1, -0.05) is 29.5 Å². The van der Waals surface area contributed by atoms with Gasteiger partial charge in [-0.2, -0.15) is 0 Å². The molecule has 0 fully saturated rings. The van der Waals surface area contributed by atoms with Crippen molar-refractivity contribution in [1.29, 1.82) is 0 Å². The molecule has 0 spiro atoms. The van der Waals surface area contributed by atoms with Crippen molar-refractivity contribution in [2.45, 2.75) is 11.9 Å². The summed E-state index contributed by atoms with van der Waals surface area (Å²) in [6.07, 6.45) is 0. The molecule has 2 amide bonds. The van der Waals surface area contributed by atoms with Crippen LogP contribution in [0.15, 0.2) is 41.4 Å². The van der Waals surface area contributed by atoms with E-state index < -0.39 is 5.91 Å². The van der Waals surface area contributed by atoms with Gasteiger partial charge in [-0.15, -0.1) is 10.2 Å². The first-order chi connectivity index (χ1) is 10.0. The van der Waals surface area contributed by atoms with E-state index in [0.717, 1.165) is 5.56 Å². The number of hydrogen-bond donors (Lipinski definition) is 2. The molecule has 2 aromatic rings. The minimum atomic E-state index is -0.418. The Bertz CT molecular complexity index is 641. The fraction of sp³-hybridized carbons (Fsp3) is 0.143. The van der Waals surface area contributed by atoms with Crippen LogP contribution in [0.1, 0.15) is 15.9 Å². The maximum atomic E-state index is 12.0. The number of benzene rings is 1. The molecular weight excluding hydrogens is 288 g/mol. The molecule has 1 heterocycles. The van der Waals surface area contributed by atoms with E-state index in [-0.39, 0.29) is 11.7 Å². The molecule has 0 saturated carbocycles. The number of nitrogens with one attached hydrogen (secondary N) is 1. The molecule has 0 radical (unpaired) electrons. The average molecular weight is 302 g/mol. The van der Waals surface area contributed by atoms with Crippen molar-refractivity contribution in [3.05, 3.63) is 47.5 Å². The van der Waals surface area contributed by atoms with Crippen molar-refractivity contribution in [2.24, 2.45) is 5.73 Å². The van der Waals surface area contributed by atoms with Crippen molar-refractivity contribution in [3.63, 3.8) is 0 Å². The Kier molecular flexibility index (Phi) is 4.89. The third-order valence-corrected chi connectivity index (χ3v) is 3.50. The summed E-state index contributed by atoms with van der Waals surface area (Å²) in [5.41, 5.74) is 6.68. The molecule has 0 unspecified atom stereocenters. The normalized spacial score (nSPS) is 10.1. The van der Waals surface area contributed by atoms with E-state index in [9.17, 15) is 9.59 Å². The van der Waals surface area contributed by atoms with Crippen molar-refractivity contribution in [2.75, 3.05) is 11.1 Å². The maximum Gasteiger partial charge on any atom is 0.256 e. The summed E-state index contributed by atoms with van der Waals surface area (Å²) < 4.78 is 0. The van der Waals surface area contributed by atoms with Gasteiger partial charge in [0, 0.05) is 5.56 Å². The molecule has 0 bridgehead atoms. The van der Waals surface area contributed by atoms with Gasteiger partial charge in [0.2, 0.25) is 5.91 Å². The molecule has 0 aliphatic heterocycles. The van der Waals surface area contributed by atoms with Gasteiger partial charge in [-0.05, 0) is 31.2 Å². The van der Waals surface area contributed by atoms with Crippen LogP contribution in [0.25, 0.3) is 0 Å². The third kappa shape index (κ3) is 4.57. The molecule has 3 N–H and O–H groups in total. The summed E-state index contributed by atoms with van der Waals surface area (Å²) in [4.78, 5) is 22.6. The monoisotopic (exact) mass is 302 g/mol. The van der Waals surface area contributed by atoms with Crippen LogP contribution >= 0.6 is 11.8 Å². The Balaban J connectivity index is 1.98. The lowest BCUT2D eigenvalue weighted by Crippen LogP contribution is -2.14. The van der Waals surface area contributed by atoms with E-state index in [4.69, 9.17) is 5.73 Å². The van der Waals surface area contributed by atoms with Crippen molar-refractivity contribution in [3.8, 4) is 0 Å². The van der Waals surface area contributed by atoms with Crippen LogP contribution in [0.3, 0.4) is 0 Å². The first kappa shape index (κ1) is 15.0. The highest BCUT2D eigenvalue weighted by Gasteiger charge is 2.07. The van der Waals surface area contributed by atoms with Gasteiger partial charge in [0.1, 0.15) is 5.03 Å². The number of nitrogens with zero attached hydrogens (tertiary/aromatic N) is 2. The van der Waals surface area contributed by atoms with Gasteiger partial charge in [-0.3, -0.25) is 9.59 Å². The first-order valence-electron chi connectivity index (χ1n) is 6.17. The molecule has 0 atom stereocenters. The highest BCUT2D eigenvalue weighted by atomic mass is 32.2. The third-order valence-electron chi connectivity index (χ3n) is 2.56. The fourth-order valence-corrected chi connectivity index (χ4v) is 2.06.